The van der Waals surface area contributed by atoms with Gasteiger partial charge in [0.15, 0.2) is 0 Å². The summed E-state index contributed by atoms with van der Waals surface area (Å²) in [6, 6.07) is 15.2. The number of carbonyl (C=O) groups excluding carboxylic acids is 2. The van der Waals surface area contributed by atoms with E-state index in [1.807, 2.05) is 36.4 Å². The number of fused-ring (bicyclic) bond motifs is 2. The molecule has 4 rings (SSSR count). The topological polar surface area (TPSA) is 50.3 Å². The van der Waals surface area contributed by atoms with Crippen molar-refractivity contribution in [2.75, 3.05) is 4.90 Å². The Bertz CT molecular complexity index is 926. The van der Waals surface area contributed by atoms with Gasteiger partial charge in [-0.2, -0.15) is 0 Å². The Balaban J connectivity index is 2.03. The summed E-state index contributed by atoms with van der Waals surface area (Å²) >= 11 is 0. The Morgan fingerprint density at radius 3 is 2.33 bits per heavy atom. The van der Waals surface area contributed by atoms with Gasteiger partial charge in [0.25, 0.3) is 11.8 Å². The van der Waals surface area contributed by atoms with Crippen LogP contribution in [0.3, 0.4) is 0 Å². The second-order valence-electron chi connectivity index (χ2n) is 4.87. The second-order valence-corrected chi connectivity index (χ2v) is 4.87. The average Bonchev–Trinajstić information content (AvgIpc) is 2.84. The highest BCUT2D eigenvalue weighted by atomic mass is 16.2. The second kappa shape index (κ2) is 4.24. The quantitative estimate of drug-likeness (QED) is 0.506. The highest BCUT2D eigenvalue weighted by Gasteiger charge is 2.26. The van der Waals surface area contributed by atoms with E-state index < -0.39 is 0 Å². The molecule has 4 heteroatoms. The number of hydrogen-bond acceptors (Lipinski definition) is 3. The molecule has 0 N–H and O–H groups in total. The third-order valence-electron chi connectivity index (χ3n) is 3.59. The maximum absolute atomic E-state index is 11.9. The van der Waals surface area contributed by atoms with E-state index in [-0.39, 0.29) is 11.8 Å². The molecule has 2 amide bonds. The van der Waals surface area contributed by atoms with Crippen LogP contribution in [0.1, 0.15) is 0 Å². The minimum atomic E-state index is -0.319. The van der Waals surface area contributed by atoms with Crippen molar-refractivity contribution in [2.45, 2.75) is 0 Å². The van der Waals surface area contributed by atoms with Gasteiger partial charge in [-0.3, -0.25) is 9.59 Å². The van der Waals surface area contributed by atoms with Gasteiger partial charge in [-0.25, -0.2) is 9.88 Å². The number of amides is 2. The molecule has 1 aliphatic heterocycles. The Hall–Kier alpha value is -3.01. The first-order valence-electron chi connectivity index (χ1n) is 6.59. The summed E-state index contributed by atoms with van der Waals surface area (Å²) in [5, 5.41) is 1.77. The van der Waals surface area contributed by atoms with Crippen molar-refractivity contribution in [3.63, 3.8) is 0 Å². The summed E-state index contributed by atoms with van der Waals surface area (Å²) in [6.07, 6.45) is 2.57. The van der Waals surface area contributed by atoms with Crippen molar-refractivity contribution < 1.29 is 9.59 Å². The van der Waals surface area contributed by atoms with Crippen molar-refractivity contribution >= 4 is 39.3 Å². The summed E-state index contributed by atoms with van der Waals surface area (Å²) in [7, 11) is 0. The van der Waals surface area contributed by atoms with Crippen LogP contribution in [-0.2, 0) is 9.59 Å². The van der Waals surface area contributed by atoms with Crippen molar-refractivity contribution in [1.82, 2.24) is 4.98 Å². The fourth-order valence-electron chi connectivity index (χ4n) is 2.62. The molecule has 0 atom stereocenters. The number of nitrogens with zero attached hydrogens (tertiary/aromatic N) is 2. The van der Waals surface area contributed by atoms with Crippen LogP contribution in [0.5, 0.6) is 0 Å². The van der Waals surface area contributed by atoms with E-state index in [1.54, 1.807) is 12.1 Å². The molecule has 1 aliphatic rings. The summed E-state index contributed by atoms with van der Waals surface area (Å²) < 4.78 is 0. The van der Waals surface area contributed by atoms with Gasteiger partial charge in [0.1, 0.15) is 0 Å². The number of imide groups is 1. The Labute approximate surface area is 120 Å². The number of para-hydroxylation sites is 1. The van der Waals surface area contributed by atoms with Crippen LogP contribution in [0.2, 0.25) is 0 Å². The monoisotopic (exact) mass is 274 g/mol. The average molecular weight is 274 g/mol. The Kier molecular flexibility index (Phi) is 2.38. The first kappa shape index (κ1) is 11.8. The summed E-state index contributed by atoms with van der Waals surface area (Å²) in [4.78, 5) is 29.6. The zero-order chi connectivity index (χ0) is 14.4. The van der Waals surface area contributed by atoms with Crippen molar-refractivity contribution in [1.29, 1.82) is 0 Å². The zero-order valence-corrected chi connectivity index (χ0v) is 11.0. The fourth-order valence-corrected chi connectivity index (χ4v) is 2.62. The lowest BCUT2D eigenvalue weighted by Crippen LogP contribution is -2.29. The first-order chi connectivity index (χ1) is 10.2. The van der Waals surface area contributed by atoms with Crippen LogP contribution in [0.4, 0.5) is 5.69 Å². The van der Waals surface area contributed by atoms with Crippen LogP contribution in [0.15, 0.2) is 60.7 Å². The van der Waals surface area contributed by atoms with Crippen LogP contribution < -0.4 is 4.90 Å². The summed E-state index contributed by atoms with van der Waals surface area (Å²) in [5.41, 5.74) is 2.23. The maximum Gasteiger partial charge on any atom is 0.258 e. The lowest BCUT2D eigenvalue weighted by molar-refractivity contribution is -0.119. The van der Waals surface area contributed by atoms with E-state index >= 15 is 0 Å². The van der Waals surface area contributed by atoms with E-state index in [0.717, 1.165) is 21.8 Å². The lowest BCUT2D eigenvalue weighted by atomic mass is 10.1. The number of aromatic nitrogens is 1. The fraction of sp³-hybridized carbons (Fsp3) is 0. The molecule has 0 saturated carbocycles. The molecule has 0 saturated heterocycles. The molecule has 3 aromatic rings. The first-order valence-corrected chi connectivity index (χ1v) is 6.59. The molecular weight excluding hydrogens is 264 g/mol. The van der Waals surface area contributed by atoms with Gasteiger partial charge in [0.2, 0.25) is 0 Å². The van der Waals surface area contributed by atoms with E-state index in [9.17, 15) is 9.59 Å². The van der Waals surface area contributed by atoms with Gasteiger partial charge in [0, 0.05) is 22.9 Å². The number of anilines is 1. The molecule has 2 aromatic carbocycles. The largest absolute Gasteiger partial charge is 0.269 e. The van der Waals surface area contributed by atoms with E-state index in [4.69, 9.17) is 0 Å². The van der Waals surface area contributed by atoms with Gasteiger partial charge in [-0.05, 0) is 24.3 Å². The van der Waals surface area contributed by atoms with E-state index in [0.29, 0.717) is 5.69 Å². The molecule has 1 aromatic heterocycles. The predicted octanol–water partition coefficient (Wildman–Crippen LogP) is 2.82. The highest BCUT2D eigenvalue weighted by Crippen LogP contribution is 2.30. The van der Waals surface area contributed by atoms with Crippen LogP contribution in [0.25, 0.3) is 21.8 Å². The number of benzene rings is 2. The zero-order valence-electron chi connectivity index (χ0n) is 11.0. The minimum Gasteiger partial charge on any atom is -0.269 e. The molecule has 0 unspecified atom stereocenters. The van der Waals surface area contributed by atoms with E-state index in [2.05, 4.69) is 4.98 Å². The molecule has 100 valence electrons. The van der Waals surface area contributed by atoms with Crippen molar-refractivity contribution in [3.05, 3.63) is 60.7 Å². The third kappa shape index (κ3) is 1.73. The maximum atomic E-state index is 11.9. The van der Waals surface area contributed by atoms with Gasteiger partial charge in [-0.15, -0.1) is 0 Å². The SMILES string of the molecule is O=C1C=CC(=O)N1c1cccc2nc3ccccc3cc12. The summed E-state index contributed by atoms with van der Waals surface area (Å²) in [6.45, 7) is 0. The number of rotatable bonds is 1. The number of carbonyl (C=O) groups is 2. The molecule has 0 radical (unpaired) electrons. The predicted molar refractivity (Wildman–Crippen MR) is 80.9 cm³/mol. The normalized spacial score (nSPS) is 14.6. The van der Waals surface area contributed by atoms with Gasteiger partial charge in [0.05, 0.1) is 16.7 Å². The Morgan fingerprint density at radius 1 is 0.810 bits per heavy atom. The van der Waals surface area contributed by atoms with Crippen molar-refractivity contribution in [2.24, 2.45) is 0 Å². The van der Waals surface area contributed by atoms with Gasteiger partial charge < -0.3 is 0 Å². The van der Waals surface area contributed by atoms with Gasteiger partial charge >= 0.3 is 0 Å². The van der Waals surface area contributed by atoms with Crippen LogP contribution in [0, 0.1) is 0 Å². The number of pyridine rings is 1. The summed E-state index contributed by atoms with van der Waals surface area (Å²) in [5.74, 6) is -0.638. The molecule has 0 spiro atoms. The van der Waals surface area contributed by atoms with Crippen LogP contribution >= 0.6 is 0 Å². The number of hydrogen-bond donors (Lipinski definition) is 0. The molecule has 0 aliphatic carbocycles. The molecule has 0 bridgehead atoms. The molecular formula is C17H10N2O2. The smallest absolute Gasteiger partial charge is 0.258 e. The third-order valence-corrected chi connectivity index (χ3v) is 3.59. The standard InChI is InChI=1S/C17H10N2O2/c20-16-8-9-17(21)19(16)15-7-3-6-14-12(15)10-11-4-1-2-5-13(11)18-14/h1-10H. The lowest BCUT2D eigenvalue weighted by Gasteiger charge is -2.16. The van der Waals surface area contributed by atoms with E-state index in [1.165, 1.54) is 17.1 Å². The molecule has 2 heterocycles. The Morgan fingerprint density at radius 2 is 1.52 bits per heavy atom. The molecule has 21 heavy (non-hydrogen) atoms. The minimum absolute atomic E-state index is 0.319. The van der Waals surface area contributed by atoms with Gasteiger partial charge in [-0.1, -0.05) is 24.3 Å². The van der Waals surface area contributed by atoms with Crippen LogP contribution in [-0.4, -0.2) is 16.8 Å². The highest BCUT2D eigenvalue weighted by molar-refractivity contribution is 6.30. The molecule has 0 fully saturated rings. The van der Waals surface area contributed by atoms with Crippen molar-refractivity contribution in [3.8, 4) is 0 Å². The molecule has 4 nitrogen and oxygen atoms in total.